The van der Waals surface area contributed by atoms with E-state index in [9.17, 15) is 14.0 Å². The average Bonchev–Trinajstić information content (AvgIpc) is 3.34. The Labute approximate surface area is 198 Å². The predicted molar refractivity (Wildman–Crippen MR) is 125 cm³/mol. The van der Waals surface area contributed by atoms with Crippen molar-refractivity contribution in [3.63, 3.8) is 0 Å². The van der Waals surface area contributed by atoms with Crippen LogP contribution in [-0.4, -0.2) is 50.7 Å². The molecule has 2 fully saturated rings. The summed E-state index contributed by atoms with van der Waals surface area (Å²) in [6.45, 7) is 0.492. The normalized spacial score (nSPS) is 24.8. The maximum absolute atomic E-state index is 13.3. The van der Waals surface area contributed by atoms with Crippen molar-refractivity contribution < 1.29 is 18.7 Å². The molecule has 4 heterocycles. The number of hydrogen-bond acceptors (Lipinski definition) is 8. The summed E-state index contributed by atoms with van der Waals surface area (Å²) in [5.41, 5.74) is 6.77. The molecule has 5 rings (SSSR count). The van der Waals surface area contributed by atoms with Gasteiger partial charge >= 0.3 is 5.97 Å². The van der Waals surface area contributed by atoms with Gasteiger partial charge in [-0.25, -0.2) is 19.2 Å². The van der Waals surface area contributed by atoms with Gasteiger partial charge in [-0.05, 0) is 48.2 Å². The molecular formula is C23H23FN4O3S2. The molecule has 10 heteroatoms. The van der Waals surface area contributed by atoms with Gasteiger partial charge in [-0.1, -0.05) is 12.1 Å². The van der Waals surface area contributed by atoms with E-state index in [1.54, 1.807) is 12.1 Å². The van der Waals surface area contributed by atoms with E-state index in [2.05, 4.69) is 14.9 Å². The third-order valence-corrected chi connectivity index (χ3v) is 8.10. The van der Waals surface area contributed by atoms with Crippen LogP contribution < -0.4 is 5.73 Å². The Morgan fingerprint density at radius 3 is 2.82 bits per heavy atom. The molecule has 0 radical (unpaired) electrons. The smallest absolute Gasteiger partial charge is 0.360 e. The number of thiophene rings is 1. The fourth-order valence-corrected chi connectivity index (χ4v) is 6.33. The molecule has 2 aromatic heterocycles. The minimum atomic E-state index is -0.895. The Hall–Kier alpha value is -2.56. The monoisotopic (exact) mass is 486 g/mol. The molecule has 1 aromatic carbocycles. The summed E-state index contributed by atoms with van der Waals surface area (Å²) in [5.74, 6) is -1.25. The Kier molecular flexibility index (Phi) is 5.84. The number of benzene rings is 1. The molecular weight excluding hydrogens is 463 g/mol. The fourth-order valence-electron chi connectivity index (χ4n) is 5.06. The number of carbonyl (C=O) groups excluding carboxylic acids is 2. The van der Waals surface area contributed by atoms with Crippen LogP contribution in [0.2, 0.25) is 0 Å². The molecule has 2 aliphatic heterocycles. The van der Waals surface area contributed by atoms with Crippen molar-refractivity contribution in [1.29, 1.82) is 0 Å². The van der Waals surface area contributed by atoms with E-state index in [1.165, 1.54) is 35.2 Å². The van der Waals surface area contributed by atoms with Crippen molar-refractivity contribution in [3.8, 4) is 0 Å². The quantitative estimate of drug-likeness (QED) is 0.418. The third-order valence-electron chi connectivity index (χ3n) is 6.63. The van der Waals surface area contributed by atoms with Gasteiger partial charge in [0.05, 0.1) is 0 Å². The number of carbonyl (C=O) groups is 2. The molecule has 3 aromatic rings. The molecule has 2 N–H and O–H groups in total. The number of fused-ring (bicyclic) bond motifs is 3. The van der Waals surface area contributed by atoms with Gasteiger partial charge in [-0.3, -0.25) is 9.69 Å². The van der Waals surface area contributed by atoms with Gasteiger partial charge in [-0.15, -0.1) is 23.1 Å². The molecule has 2 aliphatic rings. The number of thioether (sulfide) groups is 1. The molecule has 33 heavy (non-hydrogen) atoms. The van der Waals surface area contributed by atoms with Crippen LogP contribution in [0.15, 0.2) is 40.7 Å². The molecule has 172 valence electrons. The standard InChI is InChI=1S/C23H23FN4O3S2/c1-32-20-18(26-17-7-9-33-19(17)27-20)21(29)31-16-10-15-6-8-23(11-16,22(25)30)28(15)12-13-2-4-14(24)5-3-13/h2-5,7,9,15-16H,6,8,10-12H2,1H3,(H2,25,30). The first-order chi connectivity index (χ1) is 15.9. The van der Waals surface area contributed by atoms with E-state index < -0.39 is 23.5 Å². The topological polar surface area (TPSA) is 98.4 Å². The summed E-state index contributed by atoms with van der Waals surface area (Å²) in [6.07, 6.45) is 3.72. The molecule has 2 bridgehead atoms. The van der Waals surface area contributed by atoms with Crippen LogP contribution >= 0.6 is 23.1 Å². The number of aromatic nitrogens is 2. The van der Waals surface area contributed by atoms with Crippen molar-refractivity contribution in [1.82, 2.24) is 14.9 Å². The number of nitrogens with zero attached hydrogens (tertiary/aromatic N) is 3. The zero-order valence-electron chi connectivity index (χ0n) is 18.0. The summed E-state index contributed by atoms with van der Waals surface area (Å²) in [4.78, 5) is 37.6. The van der Waals surface area contributed by atoms with E-state index in [1.807, 2.05) is 17.7 Å². The van der Waals surface area contributed by atoms with Crippen LogP contribution in [0.3, 0.4) is 0 Å². The van der Waals surface area contributed by atoms with Crippen molar-refractivity contribution in [3.05, 3.63) is 52.8 Å². The Morgan fingerprint density at radius 2 is 2.09 bits per heavy atom. The van der Waals surface area contributed by atoms with Gasteiger partial charge in [0.15, 0.2) is 5.69 Å². The Balaban J connectivity index is 1.37. The number of primary amides is 1. The van der Waals surface area contributed by atoms with E-state index in [0.717, 1.165) is 16.8 Å². The van der Waals surface area contributed by atoms with Crippen molar-refractivity contribution in [2.45, 2.75) is 54.9 Å². The lowest BCUT2D eigenvalue weighted by atomic mass is 9.85. The molecule has 0 spiro atoms. The summed E-state index contributed by atoms with van der Waals surface area (Å²) < 4.78 is 19.2. The summed E-state index contributed by atoms with van der Waals surface area (Å²) in [5, 5.41) is 2.41. The lowest BCUT2D eigenvalue weighted by molar-refractivity contribution is -0.136. The first-order valence-electron chi connectivity index (χ1n) is 10.7. The van der Waals surface area contributed by atoms with Gasteiger partial charge in [0.25, 0.3) is 0 Å². The van der Waals surface area contributed by atoms with Gasteiger partial charge in [0.1, 0.15) is 32.8 Å². The van der Waals surface area contributed by atoms with Crippen LogP contribution in [-0.2, 0) is 16.1 Å². The third kappa shape index (κ3) is 4.00. The van der Waals surface area contributed by atoms with E-state index in [4.69, 9.17) is 10.5 Å². The minimum Gasteiger partial charge on any atom is -0.457 e. The van der Waals surface area contributed by atoms with Gasteiger partial charge < -0.3 is 10.5 Å². The molecule has 3 atom stereocenters. The van der Waals surface area contributed by atoms with Crippen LogP contribution in [0.4, 0.5) is 4.39 Å². The number of amides is 1. The van der Waals surface area contributed by atoms with Crippen molar-refractivity contribution in [2.75, 3.05) is 6.26 Å². The molecule has 3 unspecified atom stereocenters. The highest BCUT2D eigenvalue weighted by molar-refractivity contribution is 7.98. The molecule has 0 saturated carbocycles. The highest BCUT2D eigenvalue weighted by Gasteiger charge is 2.56. The number of halogens is 1. The zero-order chi connectivity index (χ0) is 23.2. The van der Waals surface area contributed by atoms with Crippen LogP contribution in [0.25, 0.3) is 10.3 Å². The number of ether oxygens (including phenoxy) is 1. The Bertz CT molecular complexity index is 1220. The second-order valence-corrected chi connectivity index (χ2v) is 10.2. The van der Waals surface area contributed by atoms with Crippen LogP contribution in [0.5, 0.6) is 0 Å². The van der Waals surface area contributed by atoms with E-state index >= 15 is 0 Å². The highest BCUT2D eigenvalue weighted by Crippen LogP contribution is 2.46. The Morgan fingerprint density at radius 1 is 1.30 bits per heavy atom. The number of piperidine rings is 1. The SMILES string of the molecule is CSc1nc2sccc2nc1C(=O)OC1CC2CCC(C(N)=O)(C1)N2Cc1ccc(F)cc1. The van der Waals surface area contributed by atoms with Gasteiger partial charge in [0.2, 0.25) is 5.91 Å². The number of nitrogens with two attached hydrogens (primary N) is 1. The lowest BCUT2D eigenvalue weighted by Crippen LogP contribution is -2.60. The zero-order valence-corrected chi connectivity index (χ0v) is 19.6. The number of rotatable bonds is 6. The maximum Gasteiger partial charge on any atom is 0.360 e. The molecule has 1 amide bonds. The van der Waals surface area contributed by atoms with Crippen molar-refractivity contribution >= 4 is 45.3 Å². The fraction of sp³-hybridized carbons (Fsp3) is 0.391. The maximum atomic E-state index is 13.3. The molecule has 7 nitrogen and oxygen atoms in total. The second-order valence-electron chi connectivity index (χ2n) is 8.50. The van der Waals surface area contributed by atoms with E-state index in [0.29, 0.717) is 36.3 Å². The largest absolute Gasteiger partial charge is 0.457 e. The number of esters is 1. The van der Waals surface area contributed by atoms with Crippen LogP contribution in [0, 0.1) is 5.82 Å². The van der Waals surface area contributed by atoms with Crippen LogP contribution in [0.1, 0.15) is 41.7 Å². The predicted octanol–water partition coefficient (Wildman–Crippen LogP) is 3.76. The summed E-state index contributed by atoms with van der Waals surface area (Å²) in [6, 6.07) is 8.13. The van der Waals surface area contributed by atoms with E-state index in [-0.39, 0.29) is 17.6 Å². The van der Waals surface area contributed by atoms with Crippen molar-refractivity contribution in [2.24, 2.45) is 5.73 Å². The van der Waals surface area contributed by atoms with Gasteiger partial charge in [0, 0.05) is 25.4 Å². The molecule has 0 aliphatic carbocycles. The first-order valence-corrected chi connectivity index (χ1v) is 12.8. The summed E-state index contributed by atoms with van der Waals surface area (Å²) >= 11 is 2.82. The van der Waals surface area contributed by atoms with Gasteiger partial charge in [-0.2, -0.15) is 0 Å². The average molecular weight is 487 g/mol. The minimum absolute atomic E-state index is 0.0413. The summed E-state index contributed by atoms with van der Waals surface area (Å²) in [7, 11) is 0. The first kappa shape index (κ1) is 22.2. The highest BCUT2D eigenvalue weighted by atomic mass is 32.2. The molecule has 2 saturated heterocycles. The lowest BCUT2D eigenvalue weighted by Gasteiger charge is -2.45. The number of hydrogen-bond donors (Lipinski definition) is 1. The second kappa shape index (κ2) is 8.66.